The van der Waals surface area contributed by atoms with Crippen LogP contribution >= 0.6 is 0 Å². The first-order valence-electron chi connectivity index (χ1n) is 4.54. The Kier molecular flexibility index (Phi) is 2.56. The minimum absolute atomic E-state index is 0.0358. The van der Waals surface area contributed by atoms with Gasteiger partial charge in [0.2, 0.25) is 0 Å². The molecule has 1 aliphatic heterocycles. The van der Waals surface area contributed by atoms with Gasteiger partial charge in [-0.15, -0.1) is 0 Å². The molecule has 0 aliphatic carbocycles. The van der Waals surface area contributed by atoms with Crippen LogP contribution in [-0.2, 0) is 0 Å². The minimum atomic E-state index is -0.297. The molecule has 0 saturated carbocycles. The van der Waals surface area contributed by atoms with Crippen molar-refractivity contribution in [1.82, 2.24) is 10.3 Å². The van der Waals surface area contributed by atoms with Crippen molar-refractivity contribution in [2.75, 3.05) is 13.1 Å². The molecule has 0 radical (unpaired) electrons. The predicted molar refractivity (Wildman–Crippen MR) is 53.0 cm³/mol. The molecule has 2 heterocycles. The second-order valence-electron chi connectivity index (χ2n) is 3.34. The first-order chi connectivity index (χ1) is 6.77. The van der Waals surface area contributed by atoms with E-state index in [9.17, 15) is 4.39 Å². The van der Waals surface area contributed by atoms with Crippen LogP contribution in [0.4, 0.5) is 4.39 Å². The van der Waals surface area contributed by atoms with Crippen LogP contribution in [0.5, 0.6) is 0 Å². The van der Waals surface area contributed by atoms with Crippen molar-refractivity contribution in [2.24, 2.45) is 5.73 Å². The first kappa shape index (κ1) is 9.30. The maximum absolute atomic E-state index is 13.3. The van der Waals surface area contributed by atoms with Crippen LogP contribution in [0.2, 0.25) is 0 Å². The third kappa shape index (κ3) is 1.81. The molecule has 0 fully saturated rings. The number of nitrogens with two attached hydrogens (primary N) is 1. The van der Waals surface area contributed by atoms with Crippen LogP contribution in [0.25, 0.3) is 5.57 Å². The summed E-state index contributed by atoms with van der Waals surface area (Å²) in [7, 11) is 0. The lowest BCUT2D eigenvalue weighted by molar-refractivity contribution is 0.611. The average molecular weight is 193 g/mol. The fraction of sp³-hybridized carbons (Fsp3) is 0.300. The molecule has 1 aliphatic rings. The molecule has 1 aromatic rings. The van der Waals surface area contributed by atoms with Crippen LogP contribution in [0.1, 0.15) is 5.56 Å². The van der Waals surface area contributed by atoms with Gasteiger partial charge in [0.05, 0.1) is 6.20 Å². The highest BCUT2D eigenvalue weighted by atomic mass is 19.1. The molecule has 4 heteroatoms. The number of nitrogens with one attached hydrogen (secondary N) is 1. The molecule has 2 rings (SSSR count). The van der Waals surface area contributed by atoms with E-state index in [0.717, 1.165) is 12.1 Å². The fourth-order valence-corrected chi connectivity index (χ4v) is 1.57. The van der Waals surface area contributed by atoms with Gasteiger partial charge in [0.1, 0.15) is 5.82 Å². The van der Waals surface area contributed by atoms with Gasteiger partial charge in [-0.25, -0.2) is 4.39 Å². The number of hydrogen-bond donors (Lipinski definition) is 2. The minimum Gasteiger partial charge on any atom is -0.323 e. The number of halogens is 1. The standard InChI is InChI=1S/C10H12FN3/c11-10-6-13-2-1-9(10)7-3-8(12)5-14-4-7/h1-3,6,8,14H,4-5,12H2. The Labute approximate surface area is 81.8 Å². The summed E-state index contributed by atoms with van der Waals surface area (Å²) in [6, 6.07) is 1.63. The molecule has 1 unspecified atom stereocenters. The van der Waals surface area contributed by atoms with Gasteiger partial charge in [0.15, 0.2) is 0 Å². The van der Waals surface area contributed by atoms with E-state index >= 15 is 0 Å². The van der Waals surface area contributed by atoms with Gasteiger partial charge in [-0.3, -0.25) is 4.98 Å². The predicted octanol–water partition coefficient (Wildman–Crippen LogP) is 0.535. The van der Waals surface area contributed by atoms with Crippen molar-refractivity contribution < 1.29 is 4.39 Å². The van der Waals surface area contributed by atoms with Crippen LogP contribution < -0.4 is 11.1 Å². The number of rotatable bonds is 1. The van der Waals surface area contributed by atoms with Crippen LogP contribution in [0.3, 0.4) is 0 Å². The lowest BCUT2D eigenvalue weighted by atomic mass is 10.0. The Morgan fingerprint density at radius 2 is 2.43 bits per heavy atom. The maximum Gasteiger partial charge on any atom is 0.149 e. The van der Waals surface area contributed by atoms with E-state index < -0.39 is 0 Å². The third-order valence-corrected chi connectivity index (χ3v) is 2.23. The molecule has 3 nitrogen and oxygen atoms in total. The average Bonchev–Trinajstić information content (AvgIpc) is 2.18. The SMILES string of the molecule is NC1C=C(c2ccncc2F)CNC1. The Morgan fingerprint density at radius 3 is 3.14 bits per heavy atom. The zero-order valence-corrected chi connectivity index (χ0v) is 7.70. The number of nitrogens with zero attached hydrogens (tertiary/aromatic N) is 1. The topological polar surface area (TPSA) is 50.9 Å². The normalized spacial score (nSPS) is 21.9. The van der Waals surface area contributed by atoms with Crippen LogP contribution in [0.15, 0.2) is 24.5 Å². The van der Waals surface area contributed by atoms with Crippen molar-refractivity contribution in [2.45, 2.75) is 6.04 Å². The molecule has 0 aromatic carbocycles. The second-order valence-corrected chi connectivity index (χ2v) is 3.34. The summed E-state index contributed by atoms with van der Waals surface area (Å²) in [6.07, 6.45) is 4.70. The van der Waals surface area contributed by atoms with E-state index in [4.69, 9.17) is 5.73 Å². The molecule has 0 amide bonds. The van der Waals surface area contributed by atoms with E-state index in [1.54, 1.807) is 12.3 Å². The molecule has 14 heavy (non-hydrogen) atoms. The third-order valence-electron chi connectivity index (χ3n) is 2.23. The van der Waals surface area contributed by atoms with Crippen molar-refractivity contribution in [1.29, 1.82) is 0 Å². The van der Waals surface area contributed by atoms with Crippen molar-refractivity contribution >= 4 is 5.57 Å². The van der Waals surface area contributed by atoms with E-state index in [1.807, 2.05) is 6.08 Å². The molecule has 0 spiro atoms. The van der Waals surface area contributed by atoms with E-state index in [-0.39, 0.29) is 11.9 Å². The van der Waals surface area contributed by atoms with Gasteiger partial charge in [0, 0.05) is 30.9 Å². The van der Waals surface area contributed by atoms with Crippen LogP contribution in [-0.4, -0.2) is 24.1 Å². The Bertz CT molecular complexity index is 362. The molecular formula is C10H12FN3. The molecule has 0 saturated heterocycles. The highest BCUT2D eigenvalue weighted by molar-refractivity contribution is 5.68. The van der Waals surface area contributed by atoms with E-state index in [2.05, 4.69) is 10.3 Å². The second kappa shape index (κ2) is 3.86. The highest BCUT2D eigenvalue weighted by Crippen LogP contribution is 2.18. The maximum atomic E-state index is 13.3. The first-order valence-corrected chi connectivity index (χ1v) is 4.54. The van der Waals surface area contributed by atoms with Crippen molar-refractivity contribution in [3.05, 3.63) is 35.9 Å². The summed E-state index contributed by atoms with van der Waals surface area (Å²) >= 11 is 0. The summed E-state index contributed by atoms with van der Waals surface area (Å²) in [5, 5.41) is 3.13. The van der Waals surface area contributed by atoms with E-state index in [0.29, 0.717) is 12.1 Å². The zero-order valence-electron chi connectivity index (χ0n) is 7.70. The lowest BCUT2D eigenvalue weighted by Gasteiger charge is -2.19. The quantitative estimate of drug-likeness (QED) is 0.684. The molecule has 1 atom stereocenters. The molecule has 1 aromatic heterocycles. The summed E-state index contributed by atoms with van der Waals surface area (Å²) in [6.45, 7) is 1.41. The Hall–Kier alpha value is -1.26. The van der Waals surface area contributed by atoms with Gasteiger partial charge >= 0.3 is 0 Å². The highest BCUT2D eigenvalue weighted by Gasteiger charge is 2.13. The van der Waals surface area contributed by atoms with Gasteiger partial charge in [-0.1, -0.05) is 6.08 Å². The summed E-state index contributed by atoms with van der Waals surface area (Å²) < 4.78 is 13.3. The number of pyridine rings is 1. The number of hydrogen-bond acceptors (Lipinski definition) is 3. The van der Waals surface area contributed by atoms with Gasteiger partial charge in [-0.05, 0) is 11.6 Å². The largest absolute Gasteiger partial charge is 0.323 e. The fourth-order valence-electron chi connectivity index (χ4n) is 1.57. The van der Waals surface area contributed by atoms with E-state index in [1.165, 1.54) is 6.20 Å². The molecular weight excluding hydrogens is 181 g/mol. The van der Waals surface area contributed by atoms with Crippen molar-refractivity contribution in [3.63, 3.8) is 0 Å². The summed E-state index contributed by atoms with van der Waals surface area (Å²) in [5.41, 5.74) is 7.23. The monoisotopic (exact) mass is 193 g/mol. The van der Waals surface area contributed by atoms with Crippen molar-refractivity contribution in [3.8, 4) is 0 Å². The van der Waals surface area contributed by atoms with Gasteiger partial charge in [-0.2, -0.15) is 0 Å². The molecule has 0 bridgehead atoms. The lowest BCUT2D eigenvalue weighted by Crippen LogP contribution is -2.37. The van der Waals surface area contributed by atoms with Gasteiger partial charge in [0.25, 0.3) is 0 Å². The molecule has 74 valence electrons. The van der Waals surface area contributed by atoms with Gasteiger partial charge < -0.3 is 11.1 Å². The van der Waals surface area contributed by atoms with Crippen LogP contribution in [0, 0.1) is 5.82 Å². The Morgan fingerprint density at radius 1 is 1.57 bits per heavy atom. The summed E-state index contributed by atoms with van der Waals surface area (Å²) in [5.74, 6) is -0.297. The summed E-state index contributed by atoms with van der Waals surface area (Å²) in [4.78, 5) is 3.70. The zero-order chi connectivity index (χ0) is 9.97. The molecule has 3 N–H and O–H groups in total. The Balaban J connectivity index is 2.35. The smallest absolute Gasteiger partial charge is 0.149 e. The number of aromatic nitrogens is 1.